The molecule has 104 valence electrons. The number of aromatic nitrogens is 1. The van der Waals surface area contributed by atoms with Crippen LogP contribution < -0.4 is 0 Å². The monoisotopic (exact) mass is 324 g/mol. The van der Waals surface area contributed by atoms with Crippen LogP contribution in [0.15, 0.2) is 22.9 Å². The molecule has 0 spiro atoms. The number of nitrogens with zero attached hydrogens (tertiary/aromatic N) is 2. The second kappa shape index (κ2) is 5.61. The van der Waals surface area contributed by atoms with Gasteiger partial charge in [0.1, 0.15) is 0 Å². The Morgan fingerprint density at radius 3 is 2.58 bits per heavy atom. The van der Waals surface area contributed by atoms with Crippen molar-refractivity contribution < 1.29 is 4.79 Å². The van der Waals surface area contributed by atoms with Gasteiger partial charge in [0.05, 0.1) is 5.56 Å². The molecule has 1 amide bonds. The zero-order chi connectivity index (χ0) is 14.0. The molecule has 1 aromatic rings. The first kappa shape index (κ1) is 14.5. The third-order valence-electron chi connectivity index (χ3n) is 4.13. The first-order valence-corrected chi connectivity index (χ1v) is 7.56. The summed E-state index contributed by atoms with van der Waals surface area (Å²) in [5, 5.41) is 0. The van der Waals surface area contributed by atoms with Crippen LogP contribution in [0.2, 0.25) is 0 Å². The maximum absolute atomic E-state index is 12.4. The Kier molecular flexibility index (Phi) is 4.29. The summed E-state index contributed by atoms with van der Waals surface area (Å²) in [5.74, 6) is 0.0681. The van der Waals surface area contributed by atoms with Gasteiger partial charge in [0, 0.05) is 30.0 Å². The smallest absolute Gasteiger partial charge is 0.255 e. The van der Waals surface area contributed by atoms with E-state index >= 15 is 0 Å². The van der Waals surface area contributed by atoms with E-state index in [1.807, 2.05) is 18.0 Å². The minimum absolute atomic E-state index is 0.0681. The van der Waals surface area contributed by atoms with Gasteiger partial charge in [0.15, 0.2) is 0 Å². The van der Waals surface area contributed by atoms with Gasteiger partial charge >= 0.3 is 0 Å². The number of hydrogen-bond acceptors (Lipinski definition) is 2. The highest BCUT2D eigenvalue weighted by atomic mass is 79.9. The summed E-state index contributed by atoms with van der Waals surface area (Å²) in [6.45, 7) is 4.62. The lowest BCUT2D eigenvalue weighted by Crippen LogP contribution is -2.40. The van der Waals surface area contributed by atoms with Crippen LogP contribution in [0.5, 0.6) is 0 Å². The highest BCUT2D eigenvalue weighted by Crippen LogP contribution is 2.36. The van der Waals surface area contributed by atoms with E-state index in [2.05, 4.69) is 34.8 Å². The number of carbonyl (C=O) groups is 1. The SMILES string of the molecule is CN(C(=O)c1cncc(Br)c1)C1CCC(C)(C)CC1. The molecule has 1 heterocycles. The molecule has 19 heavy (non-hydrogen) atoms. The molecule has 0 saturated heterocycles. The van der Waals surface area contributed by atoms with Gasteiger partial charge in [-0.2, -0.15) is 0 Å². The molecule has 1 saturated carbocycles. The number of amides is 1. The van der Waals surface area contributed by atoms with Crippen molar-refractivity contribution in [1.29, 1.82) is 0 Å². The van der Waals surface area contributed by atoms with Crippen LogP contribution in [-0.2, 0) is 0 Å². The molecule has 1 fully saturated rings. The van der Waals surface area contributed by atoms with E-state index in [0.717, 1.165) is 17.3 Å². The van der Waals surface area contributed by atoms with Crippen molar-refractivity contribution in [3.8, 4) is 0 Å². The molecule has 1 aliphatic carbocycles. The highest BCUT2D eigenvalue weighted by molar-refractivity contribution is 9.10. The molecular formula is C15H21BrN2O. The molecule has 4 heteroatoms. The predicted octanol–water partition coefficient (Wildman–Crippen LogP) is 3.88. The van der Waals surface area contributed by atoms with Gasteiger partial charge in [-0.25, -0.2) is 0 Å². The highest BCUT2D eigenvalue weighted by Gasteiger charge is 2.30. The zero-order valence-electron chi connectivity index (χ0n) is 11.8. The first-order chi connectivity index (χ1) is 8.89. The summed E-state index contributed by atoms with van der Waals surface area (Å²) in [6, 6.07) is 2.19. The summed E-state index contributed by atoms with van der Waals surface area (Å²) in [7, 11) is 1.91. The van der Waals surface area contributed by atoms with E-state index in [9.17, 15) is 4.79 Å². The van der Waals surface area contributed by atoms with Crippen LogP contribution in [0, 0.1) is 5.41 Å². The fraction of sp³-hybridized carbons (Fsp3) is 0.600. The summed E-state index contributed by atoms with van der Waals surface area (Å²) >= 11 is 3.36. The molecule has 0 atom stereocenters. The van der Waals surface area contributed by atoms with E-state index in [4.69, 9.17) is 0 Å². The molecule has 2 rings (SSSR count). The molecule has 0 N–H and O–H groups in total. The Balaban J connectivity index is 2.04. The predicted molar refractivity (Wildman–Crippen MR) is 80.1 cm³/mol. The van der Waals surface area contributed by atoms with Crippen LogP contribution in [0.25, 0.3) is 0 Å². The average molecular weight is 325 g/mol. The topological polar surface area (TPSA) is 33.2 Å². The van der Waals surface area contributed by atoms with E-state index in [0.29, 0.717) is 17.0 Å². The van der Waals surface area contributed by atoms with Crippen LogP contribution in [-0.4, -0.2) is 28.9 Å². The Labute approximate surface area is 123 Å². The van der Waals surface area contributed by atoms with Gasteiger partial charge < -0.3 is 4.90 Å². The van der Waals surface area contributed by atoms with E-state index in [1.54, 1.807) is 12.4 Å². The van der Waals surface area contributed by atoms with Crippen molar-refractivity contribution in [2.75, 3.05) is 7.05 Å². The second-order valence-corrected chi connectivity index (χ2v) is 7.12. The number of carbonyl (C=O) groups excluding carboxylic acids is 1. The van der Waals surface area contributed by atoms with Crippen molar-refractivity contribution in [2.24, 2.45) is 5.41 Å². The Morgan fingerprint density at radius 2 is 2.00 bits per heavy atom. The summed E-state index contributed by atoms with van der Waals surface area (Å²) in [6.07, 6.45) is 7.89. The number of halogens is 1. The van der Waals surface area contributed by atoms with E-state index in [1.165, 1.54) is 12.8 Å². The Morgan fingerprint density at radius 1 is 1.37 bits per heavy atom. The Bertz CT molecular complexity index is 463. The van der Waals surface area contributed by atoms with Gasteiger partial charge in [-0.1, -0.05) is 13.8 Å². The van der Waals surface area contributed by atoms with Crippen molar-refractivity contribution in [3.63, 3.8) is 0 Å². The fourth-order valence-electron chi connectivity index (χ4n) is 2.67. The van der Waals surface area contributed by atoms with Gasteiger partial charge in [0.2, 0.25) is 0 Å². The number of hydrogen-bond donors (Lipinski definition) is 0. The van der Waals surface area contributed by atoms with Crippen LogP contribution in [0.1, 0.15) is 49.9 Å². The van der Waals surface area contributed by atoms with E-state index in [-0.39, 0.29) is 5.91 Å². The van der Waals surface area contributed by atoms with Crippen LogP contribution >= 0.6 is 15.9 Å². The average Bonchev–Trinajstić information content (AvgIpc) is 2.37. The maximum atomic E-state index is 12.4. The minimum Gasteiger partial charge on any atom is -0.339 e. The normalized spacial score (nSPS) is 19.2. The van der Waals surface area contributed by atoms with E-state index < -0.39 is 0 Å². The Hall–Kier alpha value is -0.900. The molecule has 1 aromatic heterocycles. The maximum Gasteiger partial charge on any atom is 0.255 e. The zero-order valence-corrected chi connectivity index (χ0v) is 13.4. The molecular weight excluding hydrogens is 304 g/mol. The number of rotatable bonds is 2. The number of pyridine rings is 1. The van der Waals surface area contributed by atoms with Crippen LogP contribution in [0.3, 0.4) is 0 Å². The van der Waals surface area contributed by atoms with Gasteiger partial charge in [-0.3, -0.25) is 9.78 Å². The molecule has 0 bridgehead atoms. The standard InChI is InChI=1S/C15H21BrN2O/c1-15(2)6-4-13(5-7-15)18(3)14(19)11-8-12(16)10-17-9-11/h8-10,13H,4-7H2,1-3H3. The minimum atomic E-state index is 0.0681. The molecule has 0 unspecified atom stereocenters. The lowest BCUT2D eigenvalue weighted by atomic mass is 9.75. The van der Waals surface area contributed by atoms with Gasteiger partial charge in [-0.15, -0.1) is 0 Å². The fourth-order valence-corrected chi connectivity index (χ4v) is 3.03. The van der Waals surface area contributed by atoms with Crippen molar-refractivity contribution >= 4 is 21.8 Å². The molecule has 1 aliphatic rings. The summed E-state index contributed by atoms with van der Waals surface area (Å²) in [4.78, 5) is 18.4. The molecule has 0 aliphatic heterocycles. The van der Waals surface area contributed by atoms with Gasteiger partial charge in [-0.05, 0) is 53.1 Å². The van der Waals surface area contributed by atoms with Crippen molar-refractivity contribution in [3.05, 3.63) is 28.5 Å². The quantitative estimate of drug-likeness (QED) is 0.827. The van der Waals surface area contributed by atoms with Crippen molar-refractivity contribution in [2.45, 2.75) is 45.6 Å². The largest absolute Gasteiger partial charge is 0.339 e. The third-order valence-corrected chi connectivity index (χ3v) is 4.56. The summed E-state index contributed by atoms with van der Waals surface area (Å²) < 4.78 is 0.844. The van der Waals surface area contributed by atoms with Crippen molar-refractivity contribution in [1.82, 2.24) is 9.88 Å². The second-order valence-electron chi connectivity index (χ2n) is 6.20. The van der Waals surface area contributed by atoms with Gasteiger partial charge in [0.25, 0.3) is 5.91 Å². The summed E-state index contributed by atoms with van der Waals surface area (Å²) in [5.41, 5.74) is 1.08. The first-order valence-electron chi connectivity index (χ1n) is 6.77. The lowest BCUT2D eigenvalue weighted by Gasteiger charge is -2.38. The molecule has 3 nitrogen and oxygen atoms in total. The van der Waals surface area contributed by atoms with Crippen LogP contribution in [0.4, 0.5) is 0 Å². The molecule has 0 radical (unpaired) electrons. The lowest BCUT2D eigenvalue weighted by molar-refractivity contribution is 0.0635. The third kappa shape index (κ3) is 3.56. The molecule has 0 aromatic carbocycles.